The zero-order valence-corrected chi connectivity index (χ0v) is 9.08. The summed E-state index contributed by atoms with van der Waals surface area (Å²) >= 11 is 0. The highest BCUT2D eigenvalue weighted by Gasteiger charge is 2.79. The third-order valence-electron chi connectivity index (χ3n) is 6.99. The van der Waals surface area contributed by atoms with Gasteiger partial charge in [0.05, 0.1) is 0 Å². The van der Waals surface area contributed by atoms with Crippen LogP contribution in [0.1, 0.15) is 12.8 Å². The molecule has 5 saturated carbocycles. The van der Waals surface area contributed by atoms with Crippen LogP contribution in [-0.4, -0.2) is 22.5 Å². The van der Waals surface area contributed by atoms with E-state index in [1.165, 1.54) is 12.8 Å². The Morgan fingerprint density at radius 3 is 1.19 bits per heavy atom. The van der Waals surface area contributed by atoms with Gasteiger partial charge in [-0.15, -0.1) is 0 Å². The van der Waals surface area contributed by atoms with Crippen molar-refractivity contribution in [1.82, 2.24) is 11.0 Å². The Labute approximate surface area is 94.3 Å². The molecule has 0 saturated heterocycles. The number of hydroxylamine groups is 2. The Bertz CT molecular complexity index is 282. The van der Waals surface area contributed by atoms with E-state index in [9.17, 15) is 10.4 Å². The lowest BCUT2D eigenvalue weighted by molar-refractivity contribution is 0.0202. The van der Waals surface area contributed by atoms with E-state index in [1.807, 2.05) is 0 Å². The van der Waals surface area contributed by atoms with Gasteiger partial charge in [-0.25, -0.2) is 11.0 Å². The zero-order chi connectivity index (χ0) is 10.6. The summed E-state index contributed by atoms with van der Waals surface area (Å²) < 4.78 is 0. The molecule has 16 heavy (non-hydrogen) atoms. The molecule has 0 spiro atoms. The molecule has 88 valence electrons. The van der Waals surface area contributed by atoms with Crippen LogP contribution in [-0.2, 0) is 0 Å². The number of nitrogens with one attached hydrogen (secondary N) is 2. The van der Waals surface area contributed by atoms with Crippen LogP contribution in [0.4, 0.5) is 0 Å². The summed E-state index contributed by atoms with van der Waals surface area (Å²) in [6, 6.07) is 0.717. The van der Waals surface area contributed by atoms with Crippen LogP contribution in [0.3, 0.4) is 0 Å². The number of rotatable bonds is 2. The van der Waals surface area contributed by atoms with E-state index in [-0.39, 0.29) is 0 Å². The standard InChI is InChI=1S/C12H18N2O2/c15-13-11-3-1-4-8-7(3)9-5(11)2-6(10(8)9)12(4)14-16/h3-16H,1-2H2/t3-,4+,5+,6-,7?,8?,9?,10?,11?,12?. The molecule has 2 unspecified atom stereocenters. The summed E-state index contributed by atoms with van der Waals surface area (Å²) in [5.74, 6) is 6.21. The van der Waals surface area contributed by atoms with Gasteiger partial charge in [0.15, 0.2) is 0 Å². The number of hydrogen-bond acceptors (Lipinski definition) is 4. The normalized spacial score (nSPS) is 72.4. The van der Waals surface area contributed by atoms with Crippen molar-refractivity contribution in [3.8, 4) is 0 Å². The molecule has 0 aliphatic heterocycles. The fraction of sp³-hybridized carbons (Fsp3) is 1.00. The summed E-state index contributed by atoms with van der Waals surface area (Å²) in [5.41, 5.74) is 5.22. The first-order valence-corrected chi connectivity index (χ1v) is 6.66. The molecule has 0 aromatic carbocycles. The molecule has 5 rings (SSSR count). The maximum Gasteiger partial charge on any atom is 0.0382 e. The molecule has 6 atom stereocenters. The van der Waals surface area contributed by atoms with Crippen molar-refractivity contribution in [2.24, 2.45) is 47.3 Å². The molecule has 0 bridgehead atoms. The predicted molar refractivity (Wildman–Crippen MR) is 54.6 cm³/mol. The van der Waals surface area contributed by atoms with Crippen LogP contribution in [0.5, 0.6) is 0 Å². The fourth-order valence-corrected chi connectivity index (χ4v) is 6.98. The van der Waals surface area contributed by atoms with Crippen LogP contribution in [0, 0.1) is 47.3 Å². The molecule has 0 amide bonds. The van der Waals surface area contributed by atoms with Crippen LogP contribution >= 0.6 is 0 Å². The van der Waals surface area contributed by atoms with Crippen molar-refractivity contribution < 1.29 is 10.4 Å². The molecule has 0 radical (unpaired) electrons. The topological polar surface area (TPSA) is 64.5 Å². The van der Waals surface area contributed by atoms with E-state index < -0.39 is 0 Å². The molecular weight excluding hydrogens is 204 g/mol. The summed E-state index contributed by atoms with van der Waals surface area (Å²) in [6.07, 6.45) is 2.43. The molecule has 4 heteroatoms. The van der Waals surface area contributed by atoms with Crippen molar-refractivity contribution >= 4 is 0 Å². The van der Waals surface area contributed by atoms with Crippen molar-refractivity contribution in [1.29, 1.82) is 0 Å². The minimum absolute atomic E-state index is 0.358. The number of hydrogen-bond donors (Lipinski definition) is 4. The maximum absolute atomic E-state index is 9.38. The van der Waals surface area contributed by atoms with Crippen LogP contribution in [0.15, 0.2) is 0 Å². The molecule has 0 aromatic heterocycles. The largest absolute Gasteiger partial charge is 0.317 e. The quantitative estimate of drug-likeness (QED) is 0.513. The van der Waals surface area contributed by atoms with Gasteiger partial charge >= 0.3 is 0 Å². The second-order valence-electron chi connectivity index (χ2n) is 6.75. The Hall–Kier alpha value is -0.160. The van der Waals surface area contributed by atoms with Crippen molar-refractivity contribution in [3.63, 3.8) is 0 Å². The summed E-state index contributed by atoms with van der Waals surface area (Å²) in [4.78, 5) is 0. The van der Waals surface area contributed by atoms with Crippen molar-refractivity contribution in [2.45, 2.75) is 24.9 Å². The van der Waals surface area contributed by atoms with Gasteiger partial charge in [0, 0.05) is 12.1 Å². The summed E-state index contributed by atoms with van der Waals surface area (Å²) in [6.45, 7) is 0. The maximum atomic E-state index is 9.38. The molecule has 0 aromatic rings. The average molecular weight is 222 g/mol. The first-order chi connectivity index (χ1) is 7.86. The molecule has 5 aliphatic rings. The van der Waals surface area contributed by atoms with E-state index in [0.29, 0.717) is 35.8 Å². The van der Waals surface area contributed by atoms with E-state index >= 15 is 0 Å². The molecular formula is C12H18N2O2. The zero-order valence-electron chi connectivity index (χ0n) is 9.08. The van der Waals surface area contributed by atoms with Gasteiger partial charge in [0.25, 0.3) is 0 Å². The first kappa shape index (κ1) is 8.86. The van der Waals surface area contributed by atoms with Gasteiger partial charge in [-0.3, -0.25) is 0 Å². The molecule has 5 fully saturated rings. The van der Waals surface area contributed by atoms with E-state index in [4.69, 9.17) is 0 Å². The Morgan fingerprint density at radius 1 is 0.625 bits per heavy atom. The average Bonchev–Trinajstić information content (AvgIpc) is 2.77. The highest BCUT2D eigenvalue weighted by molar-refractivity contribution is 5.28. The minimum atomic E-state index is 0.358. The van der Waals surface area contributed by atoms with Crippen LogP contribution < -0.4 is 11.0 Å². The lowest BCUT2D eigenvalue weighted by atomic mass is 9.60. The van der Waals surface area contributed by atoms with Gasteiger partial charge in [-0.1, -0.05) is 0 Å². The molecule has 4 nitrogen and oxygen atoms in total. The minimum Gasteiger partial charge on any atom is -0.317 e. The Kier molecular flexibility index (Phi) is 1.37. The second-order valence-corrected chi connectivity index (χ2v) is 6.75. The highest BCUT2D eigenvalue weighted by atomic mass is 16.5. The monoisotopic (exact) mass is 222 g/mol. The van der Waals surface area contributed by atoms with E-state index in [0.717, 1.165) is 23.7 Å². The SMILES string of the molecule is ONC1[C@@H]2C[C@H]3C4C2C2C4[C@@H](C[C@@H]21)C3NO. The van der Waals surface area contributed by atoms with Crippen LogP contribution in [0.2, 0.25) is 0 Å². The van der Waals surface area contributed by atoms with E-state index in [1.54, 1.807) is 0 Å². The van der Waals surface area contributed by atoms with Gasteiger partial charge in [-0.05, 0) is 60.2 Å². The summed E-state index contributed by atoms with van der Waals surface area (Å²) in [5, 5.41) is 18.8. The smallest absolute Gasteiger partial charge is 0.0382 e. The lowest BCUT2D eigenvalue weighted by Crippen LogP contribution is -2.42. The fourth-order valence-electron chi connectivity index (χ4n) is 6.98. The second kappa shape index (κ2) is 2.48. The van der Waals surface area contributed by atoms with Gasteiger partial charge in [0.2, 0.25) is 0 Å². The first-order valence-electron chi connectivity index (χ1n) is 6.66. The Balaban J connectivity index is 1.65. The van der Waals surface area contributed by atoms with Gasteiger partial charge < -0.3 is 10.4 Å². The third kappa shape index (κ3) is 0.637. The lowest BCUT2D eigenvalue weighted by Gasteiger charge is -2.44. The highest BCUT2D eigenvalue weighted by Crippen LogP contribution is 2.79. The molecule has 5 aliphatic carbocycles. The molecule has 4 N–H and O–H groups in total. The predicted octanol–water partition coefficient (Wildman–Crippen LogP) is 0.459. The van der Waals surface area contributed by atoms with Crippen LogP contribution in [0.25, 0.3) is 0 Å². The van der Waals surface area contributed by atoms with Gasteiger partial charge in [-0.2, -0.15) is 0 Å². The molecule has 0 heterocycles. The van der Waals surface area contributed by atoms with Gasteiger partial charge in [0.1, 0.15) is 0 Å². The Morgan fingerprint density at radius 2 is 0.938 bits per heavy atom. The van der Waals surface area contributed by atoms with Crippen molar-refractivity contribution in [2.75, 3.05) is 0 Å². The van der Waals surface area contributed by atoms with Crippen molar-refractivity contribution in [3.05, 3.63) is 0 Å². The summed E-state index contributed by atoms with van der Waals surface area (Å²) in [7, 11) is 0. The van der Waals surface area contributed by atoms with E-state index in [2.05, 4.69) is 11.0 Å². The third-order valence-corrected chi connectivity index (χ3v) is 6.99.